The molecule has 0 aromatic rings. The molecule has 0 aromatic carbocycles. The lowest BCUT2D eigenvalue weighted by Gasteiger charge is -2.39. The smallest absolute Gasteiger partial charge is 0.250 e. The third kappa shape index (κ3) is 6.95. The largest absolute Gasteiger partial charge is 0.393 e. The maximum atomic E-state index is 12.3. The molecule has 1 saturated heterocycles. The number of hydrogen-bond donors (Lipinski definition) is 2. The fraction of sp³-hybridized carbons (Fsp3) is 1.00. The van der Waals surface area contributed by atoms with Gasteiger partial charge in [0.15, 0.2) is 0 Å². The van der Waals surface area contributed by atoms with E-state index in [9.17, 15) is 13.9 Å². The molecule has 1 aliphatic rings. The molecule has 0 saturated carbocycles. The summed E-state index contributed by atoms with van der Waals surface area (Å²) >= 11 is 0. The highest BCUT2D eigenvalue weighted by Crippen LogP contribution is 2.23. The van der Waals surface area contributed by atoms with Crippen molar-refractivity contribution in [3.8, 4) is 0 Å². The minimum absolute atomic E-state index is 0.128. The van der Waals surface area contributed by atoms with Crippen LogP contribution in [0.15, 0.2) is 0 Å². The Balaban J connectivity index is 2.48. The summed E-state index contributed by atoms with van der Waals surface area (Å²) in [4.78, 5) is 2.36. The van der Waals surface area contributed by atoms with E-state index in [1.165, 1.54) is 0 Å². The first-order valence-electron chi connectivity index (χ1n) is 7.97. The summed E-state index contributed by atoms with van der Waals surface area (Å²) in [5, 5.41) is 12.8. The maximum absolute atomic E-state index is 12.3. The molecule has 0 aromatic heterocycles. The Morgan fingerprint density at radius 1 is 1.30 bits per heavy atom. The van der Waals surface area contributed by atoms with Crippen LogP contribution in [0.2, 0.25) is 0 Å². The molecular weight excluding hydrogens is 262 g/mol. The van der Waals surface area contributed by atoms with E-state index in [4.69, 9.17) is 0 Å². The molecule has 3 unspecified atom stereocenters. The van der Waals surface area contributed by atoms with Gasteiger partial charge >= 0.3 is 0 Å². The Kier molecular flexibility index (Phi) is 8.57. The predicted molar refractivity (Wildman–Crippen MR) is 78.2 cm³/mol. The van der Waals surface area contributed by atoms with Crippen LogP contribution >= 0.6 is 0 Å². The zero-order chi connectivity index (χ0) is 15.0. The minimum atomic E-state index is -2.29. The number of hydrogen-bond acceptors (Lipinski definition) is 3. The number of unbranched alkanes of at least 4 members (excludes halogenated alkanes) is 1. The van der Waals surface area contributed by atoms with Gasteiger partial charge in [0.1, 0.15) is 0 Å². The Bertz CT molecular complexity index is 254. The predicted octanol–water partition coefficient (Wildman–Crippen LogP) is 2.49. The van der Waals surface area contributed by atoms with E-state index in [-0.39, 0.29) is 18.7 Å². The monoisotopic (exact) mass is 292 g/mol. The van der Waals surface area contributed by atoms with Crippen LogP contribution in [0, 0.1) is 5.92 Å². The number of rotatable bonds is 9. The van der Waals surface area contributed by atoms with Crippen molar-refractivity contribution in [3.63, 3.8) is 0 Å². The number of aliphatic hydroxyl groups excluding tert-OH is 1. The number of aliphatic hydroxyl groups is 1. The van der Waals surface area contributed by atoms with Gasteiger partial charge in [0.05, 0.1) is 12.6 Å². The first-order valence-corrected chi connectivity index (χ1v) is 7.97. The summed E-state index contributed by atoms with van der Waals surface area (Å²) in [5.41, 5.74) is 0. The van der Waals surface area contributed by atoms with Crippen molar-refractivity contribution in [2.45, 2.75) is 64.5 Å². The van der Waals surface area contributed by atoms with Gasteiger partial charge in [0, 0.05) is 19.1 Å². The van der Waals surface area contributed by atoms with E-state index in [2.05, 4.69) is 17.1 Å². The van der Waals surface area contributed by atoms with Crippen LogP contribution in [0.25, 0.3) is 0 Å². The van der Waals surface area contributed by atoms with E-state index >= 15 is 0 Å². The van der Waals surface area contributed by atoms with Gasteiger partial charge in [-0.2, -0.15) is 0 Å². The molecule has 2 N–H and O–H groups in total. The average Bonchev–Trinajstić information content (AvgIpc) is 2.42. The second kappa shape index (κ2) is 9.64. The lowest BCUT2D eigenvalue weighted by atomic mass is 9.88. The van der Waals surface area contributed by atoms with Gasteiger partial charge < -0.3 is 15.3 Å². The van der Waals surface area contributed by atoms with Gasteiger partial charge in [-0.25, -0.2) is 8.78 Å². The summed E-state index contributed by atoms with van der Waals surface area (Å²) < 4.78 is 24.7. The van der Waals surface area contributed by atoms with Crippen LogP contribution in [0.5, 0.6) is 0 Å². The zero-order valence-electron chi connectivity index (χ0n) is 12.8. The van der Waals surface area contributed by atoms with Crippen LogP contribution in [-0.4, -0.2) is 54.8 Å². The first kappa shape index (κ1) is 17.8. The highest BCUT2D eigenvalue weighted by atomic mass is 19.3. The van der Waals surface area contributed by atoms with Crippen molar-refractivity contribution >= 4 is 0 Å². The van der Waals surface area contributed by atoms with Crippen LogP contribution in [0.4, 0.5) is 8.78 Å². The van der Waals surface area contributed by atoms with Crippen molar-refractivity contribution < 1.29 is 13.9 Å². The first-order chi connectivity index (χ1) is 9.55. The van der Waals surface area contributed by atoms with E-state index in [1.807, 2.05) is 6.92 Å². The molecule has 1 rings (SSSR count). The van der Waals surface area contributed by atoms with Gasteiger partial charge in [-0.05, 0) is 38.1 Å². The lowest BCUT2D eigenvalue weighted by molar-refractivity contribution is 0.0749. The van der Waals surface area contributed by atoms with Crippen LogP contribution in [-0.2, 0) is 0 Å². The lowest BCUT2D eigenvalue weighted by Crippen LogP contribution is -2.50. The number of halogens is 2. The Morgan fingerprint density at radius 3 is 2.65 bits per heavy atom. The average molecular weight is 292 g/mol. The van der Waals surface area contributed by atoms with Gasteiger partial charge in [-0.15, -0.1) is 0 Å². The third-order valence-corrected chi connectivity index (χ3v) is 4.08. The van der Waals surface area contributed by atoms with Crippen LogP contribution in [0.3, 0.4) is 0 Å². The molecule has 20 heavy (non-hydrogen) atoms. The molecule has 1 fully saturated rings. The Hall–Kier alpha value is -0.260. The fourth-order valence-electron chi connectivity index (χ4n) is 2.99. The summed E-state index contributed by atoms with van der Waals surface area (Å²) in [6.07, 6.45) is 2.18. The normalized spacial score (nSPS) is 26.1. The molecule has 0 aliphatic carbocycles. The number of likely N-dealkylation sites (tertiary alicyclic amines) is 1. The summed E-state index contributed by atoms with van der Waals surface area (Å²) in [6.45, 7) is 6.79. The van der Waals surface area contributed by atoms with Crippen molar-refractivity contribution in [2.75, 3.05) is 26.2 Å². The van der Waals surface area contributed by atoms with E-state index in [0.717, 1.165) is 51.7 Å². The highest BCUT2D eigenvalue weighted by molar-refractivity contribution is 4.84. The molecule has 1 aliphatic heterocycles. The summed E-state index contributed by atoms with van der Waals surface area (Å²) in [5.74, 6) is 0.408. The fourth-order valence-corrected chi connectivity index (χ4v) is 2.99. The van der Waals surface area contributed by atoms with Crippen molar-refractivity contribution in [1.82, 2.24) is 10.2 Å². The molecular formula is C15H30F2N2O. The van der Waals surface area contributed by atoms with Gasteiger partial charge in [0.2, 0.25) is 0 Å². The second-order valence-corrected chi connectivity index (χ2v) is 6.01. The molecule has 0 spiro atoms. The molecule has 0 bridgehead atoms. The number of nitrogens with one attached hydrogen (secondary N) is 1. The summed E-state index contributed by atoms with van der Waals surface area (Å²) in [7, 11) is 0. The van der Waals surface area contributed by atoms with E-state index in [0.29, 0.717) is 5.92 Å². The molecule has 1 heterocycles. The Morgan fingerprint density at radius 2 is 2.05 bits per heavy atom. The molecule has 3 nitrogen and oxygen atoms in total. The SMILES string of the molecule is CCCCN1CC(CC(O)CC)CC(NCC(F)F)C1. The van der Waals surface area contributed by atoms with E-state index < -0.39 is 6.43 Å². The molecule has 3 atom stereocenters. The van der Waals surface area contributed by atoms with E-state index in [1.54, 1.807) is 0 Å². The highest BCUT2D eigenvalue weighted by Gasteiger charge is 2.28. The Labute approximate surface area is 121 Å². The standard InChI is InChI=1S/C15H30F2N2O/c1-3-5-6-19-10-12(8-14(20)4-2)7-13(11-19)18-9-15(16)17/h12-15,18,20H,3-11H2,1-2H3. The van der Waals surface area contributed by atoms with Crippen LogP contribution < -0.4 is 5.32 Å². The van der Waals surface area contributed by atoms with Gasteiger partial charge in [-0.3, -0.25) is 0 Å². The molecule has 5 heteroatoms. The van der Waals surface area contributed by atoms with Gasteiger partial charge in [-0.1, -0.05) is 20.3 Å². The van der Waals surface area contributed by atoms with Crippen molar-refractivity contribution in [2.24, 2.45) is 5.92 Å². The molecule has 0 amide bonds. The third-order valence-electron chi connectivity index (χ3n) is 4.08. The van der Waals surface area contributed by atoms with Crippen LogP contribution in [0.1, 0.15) is 46.0 Å². The second-order valence-electron chi connectivity index (χ2n) is 6.01. The topological polar surface area (TPSA) is 35.5 Å². The summed E-state index contributed by atoms with van der Waals surface area (Å²) in [6, 6.07) is 0.128. The molecule has 0 radical (unpaired) electrons. The number of piperidine rings is 1. The van der Waals surface area contributed by atoms with Crippen molar-refractivity contribution in [3.05, 3.63) is 0 Å². The number of alkyl halides is 2. The van der Waals surface area contributed by atoms with Crippen molar-refractivity contribution in [1.29, 1.82) is 0 Å². The maximum Gasteiger partial charge on any atom is 0.250 e. The van der Waals surface area contributed by atoms with Gasteiger partial charge in [0.25, 0.3) is 6.43 Å². The zero-order valence-corrected chi connectivity index (χ0v) is 12.8. The minimum Gasteiger partial charge on any atom is -0.393 e. The number of nitrogens with zero attached hydrogens (tertiary/aromatic N) is 1. The quantitative estimate of drug-likeness (QED) is 0.685. The molecule has 120 valence electrons.